The average Bonchev–Trinajstić information content (AvgIpc) is 2.57. The monoisotopic (exact) mass is 206 g/mol. The van der Waals surface area contributed by atoms with Gasteiger partial charge in [-0.05, 0) is 37.0 Å². The first-order valence-corrected chi connectivity index (χ1v) is 4.98. The fraction of sp³-hybridized carbons (Fsp3) is 0.222. The highest BCUT2D eigenvalue weighted by Crippen LogP contribution is 2.20. The van der Waals surface area contributed by atoms with E-state index in [0.29, 0.717) is 5.95 Å². The Hall–Kier alpha value is -1.49. The van der Waals surface area contributed by atoms with Crippen LogP contribution < -0.4 is 5.73 Å². The first-order chi connectivity index (χ1) is 6.66. The number of rotatable bonds is 1. The van der Waals surface area contributed by atoms with E-state index in [-0.39, 0.29) is 0 Å². The van der Waals surface area contributed by atoms with Crippen LogP contribution in [0.1, 0.15) is 11.3 Å². The number of nitrogen functional groups attached to an aromatic ring is 1. The van der Waals surface area contributed by atoms with Gasteiger partial charge in [0.1, 0.15) is 5.69 Å². The number of aryl methyl sites for hydroxylation is 2. The maximum absolute atomic E-state index is 5.44. The summed E-state index contributed by atoms with van der Waals surface area (Å²) in [5.41, 5.74) is 8.46. The Kier molecular flexibility index (Phi) is 2.17. The predicted molar refractivity (Wildman–Crippen MR) is 57.0 cm³/mol. The van der Waals surface area contributed by atoms with Gasteiger partial charge in [-0.15, -0.1) is 0 Å². The van der Waals surface area contributed by atoms with Crippen LogP contribution in [0.4, 0.5) is 5.95 Å². The van der Waals surface area contributed by atoms with E-state index in [2.05, 4.69) is 14.3 Å². The van der Waals surface area contributed by atoms with Crippen molar-refractivity contribution in [2.75, 3.05) is 5.73 Å². The molecule has 2 heterocycles. The molecule has 0 amide bonds. The Labute approximate surface area is 86.0 Å². The molecule has 2 rings (SSSR count). The lowest BCUT2D eigenvalue weighted by atomic mass is 10.2. The van der Waals surface area contributed by atoms with Crippen molar-refractivity contribution in [3.63, 3.8) is 0 Å². The largest absolute Gasteiger partial charge is 0.367 e. The second-order valence-corrected chi connectivity index (χ2v) is 3.81. The van der Waals surface area contributed by atoms with Crippen molar-refractivity contribution in [1.82, 2.24) is 14.3 Å². The highest BCUT2D eigenvalue weighted by molar-refractivity contribution is 7.09. The van der Waals surface area contributed by atoms with Gasteiger partial charge in [0, 0.05) is 5.69 Å². The minimum atomic E-state index is 0.310. The van der Waals surface area contributed by atoms with Gasteiger partial charge in [-0.2, -0.15) is 9.36 Å². The van der Waals surface area contributed by atoms with Crippen molar-refractivity contribution in [3.05, 3.63) is 23.4 Å². The van der Waals surface area contributed by atoms with Crippen LogP contribution in [-0.4, -0.2) is 14.3 Å². The fourth-order valence-electron chi connectivity index (χ4n) is 1.09. The van der Waals surface area contributed by atoms with E-state index in [1.54, 1.807) is 0 Å². The van der Waals surface area contributed by atoms with Crippen LogP contribution in [0.5, 0.6) is 0 Å². The molecule has 0 bridgehead atoms. The van der Waals surface area contributed by atoms with E-state index in [1.807, 2.05) is 26.0 Å². The van der Waals surface area contributed by atoms with E-state index >= 15 is 0 Å². The molecule has 0 aliphatic carbocycles. The summed E-state index contributed by atoms with van der Waals surface area (Å²) in [5.74, 6) is 0.310. The SMILES string of the molecule is Cc1ccc(-c2nc(N)ns2)nc1C. The molecule has 2 N–H and O–H groups in total. The third kappa shape index (κ3) is 1.58. The molecule has 4 nitrogen and oxygen atoms in total. The van der Waals surface area contributed by atoms with Gasteiger partial charge in [0.2, 0.25) is 5.95 Å². The summed E-state index contributed by atoms with van der Waals surface area (Å²) in [6, 6.07) is 3.96. The van der Waals surface area contributed by atoms with Crippen molar-refractivity contribution in [2.45, 2.75) is 13.8 Å². The lowest BCUT2D eigenvalue weighted by molar-refractivity contribution is 1.15. The van der Waals surface area contributed by atoms with Gasteiger partial charge in [-0.25, -0.2) is 0 Å². The van der Waals surface area contributed by atoms with E-state index in [4.69, 9.17) is 5.73 Å². The van der Waals surface area contributed by atoms with E-state index in [0.717, 1.165) is 16.4 Å². The molecule has 0 aliphatic heterocycles. The van der Waals surface area contributed by atoms with Crippen molar-refractivity contribution >= 4 is 17.5 Å². The molecule has 2 aromatic heterocycles. The minimum absolute atomic E-state index is 0.310. The molecular formula is C9H10N4S. The molecule has 0 aliphatic rings. The van der Waals surface area contributed by atoms with Gasteiger partial charge in [0.25, 0.3) is 0 Å². The molecule has 0 fully saturated rings. The third-order valence-electron chi connectivity index (χ3n) is 2.01. The molecule has 0 saturated carbocycles. The maximum Gasteiger partial charge on any atom is 0.232 e. The van der Waals surface area contributed by atoms with E-state index in [1.165, 1.54) is 17.1 Å². The predicted octanol–water partition coefficient (Wildman–Crippen LogP) is 1.80. The Balaban J connectivity index is 2.47. The second-order valence-electron chi connectivity index (χ2n) is 3.06. The first kappa shape index (κ1) is 9.08. The number of anilines is 1. The highest BCUT2D eigenvalue weighted by Gasteiger charge is 2.06. The Morgan fingerprint density at radius 2 is 2.00 bits per heavy atom. The molecule has 14 heavy (non-hydrogen) atoms. The number of nitrogens with zero attached hydrogens (tertiary/aromatic N) is 3. The number of nitrogens with two attached hydrogens (primary N) is 1. The van der Waals surface area contributed by atoms with Gasteiger partial charge in [0.15, 0.2) is 5.01 Å². The highest BCUT2D eigenvalue weighted by atomic mass is 32.1. The third-order valence-corrected chi connectivity index (χ3v) is 2.76. The van der Waals surface area contributed by atoms with Crippen molar-refractivity contribution < 1.29 is 0 Å². The standard InChI is InChI=1S/C9H10N4S/c1-5-3-4-7(11-6(5)2)8-12-9(10)13-14-8/h3-4H,1-2H3,(H2,10,13). The van der Waals surface area contributed by atoms with Crippen LogP contribution in [0.15, 0.2) is 12.1 Å². The van der Waals surface area contributed by atoms with Crippen LogP contribution in [0.3, 0.4) is 0 Å². The molecule has 5 heteroatoms. The quantitative estimate of drug-likeness (QED) is 0.772. The zero-order valence-corrected chi connectivity index (χ0v) is 8.80. The van der Waals surface area contributed by atoms with Gasteiger partial charge in [0.05, 0.1) is 0 Å². The molecule has 0 aromatic carbocycles. The van der Waals surface area contributed by atoms with E-state index in [9.17, 15) is 0 Å². The summed E-state index contributed by atoms with van der Waals surface area (Å²) < 4.78 is 3.91. The number of aromatic nitrogens is 3. The van der Waals surface area contributed by atoms with Crippen molar-refractivity contribution in [1.29, 1.82) is 0 Å². The zero-order chi connectivity index (χ0) is 10.1. The van der Waals surface area contributed by atoms with Gasteiger partial charge >= 0.3 is 0 Å². The van der Waals surface area contributed by atoms with Gasteiger partial charge < -0.3 is 5.73 Å². The Morgan fingerprint density at radius 1 is 1.21 bits per heavy atom. The van der Waals surface area contributed by atoms with Crippen molar-refractivity contribution in [2.24, 2.45) is 0 Å². The van der Waals surface area contributed by atoms with Crippen molar-refractivity contribution in [3.8, 4) is 10.7 Å². The minimum Gasteiger partial charge on any atom is -0.367 e. The molecule has 72 valence electrons. The number of pyridine rings is 1. The summed E-state index contributed by atoms with van der Waals surface area (Å²) >= 11 is 1.27. The fourth-order valence-corrected chi connectivity index (χ4v) is 1.65. The Bertz CT molecular complexity index is 464. The summed E-state index contributed by atoms with van der Waals surface area (Å²) in [6.07, 6.45) is 0. The molecule has 0 radical (unpaired) electrons. The summed E-state index contributed by atoms with van der Waals surface area (Å²) in [4.78, 5) is 8.48. The molecule has 0 atom stereocenters. The van der Waals surface area contributed by atoms with Gasteiger partial charge in [-0.3, -0.25) is 4.98 Å². The summed E-state index contributed by atoms with van der Waals surface area (Å²) in [5, 5.41) is 0.769. The summed E-state index contributed by atoms with van der Waals surface area (Å²) in [6.45, 7) is 4.00. The normalized spacial score (nSPS) is 10.4. The first-order valence-electron chi connectivity index (χ1n) is 4.20. The zero-order valence-electron chi connectivity index (χ0n) is 7.98. The van der Waals surface area contributed by atoms with Crippen LogP contribution in [0.25, 0.3) is 10.7 Å². The molecule has 0 saturated heterocycles. The Morgan fingerprint density at radius 3 is 2.57 bits per heavy atom. The number of hydrogen-bond donors (Lipinski definition) is 1. The lowest BCUT2D eigenvalue weighted by Crippen LogP contribution is -1.90. The topological polar surface area (TPSA) is 64.7 Å². The number of hydrogen-bond acceptors (Lipinski definition) is 5. The van der Waals surface area contributed by atoms with Crippen LogP contribution in [-0.2, 0) is 0 Å². The second kappa shape index (κ2) is 3.34. The summed E-state index contributed by atoms with van der Waals surface area (Å²) in [7, 11) is 0. The van der Waals surface area contributed by atoms with Crippen LogP contribution in [0, 0.1) is 13.8 Å². The smallest absolute Gasteiger partial charge is 0.232 e. The average molecular weight is 206 g/mol. The van der Waals surface area contributed by atoms with Gasteiger partial charge in [-0.1, -0.05) is 6.07 Å². The molecule has 0 unspecified atom stereocenters. The lowest BCUT2D eigenvalue weighted by Gasteiger charge is -2.00. The molecule has 2 aromatic rings. The van der Waals surface area contributed by atoms with E-state index < -0.39 is 0 Å². The molecular weight excluding hydrogens is 196 g/mol. The van der Waals surface area contributed by atoms with Crippen LogP contribution in [0.2, 0.25) is 0 Å². The molecule has 0 spiro atoms. The van der Waals surface area contributed by atoms with Crippen LogP contribution >= 0.6 is 11.5 Å². The maximum atomic E-state index is 5.44.